The summed E-state index contributed by atoms with van der Waals surface area (Å²) in [6.07, 6.45) is 0. The van der Waals surface area contributed by atoms with Crippen molar-refractivity contribution in [1.82, 2.24) is 9.88 Å². The Morgan fingerprint density at radius 2 is 2.13 bits per heavy atom. The molecule has 0 spiro atoms. The lowest BCUT2D eigenvalue weighted by Gasteiger charge is -2.27. The van der Waals surface area contributed by atoms with Crippen LogP contribution in [0.15, 0.2) is 32.8 Å². The first-order chi connectivity index (χ1) is 11.1. The third-order valence-electron chi connectivity index (χ3n) is 3.54. The maximum Gasteiger partial charge on any atom is 0.322 e. The molecular weight excluding hydrogens is 330 g/mol. The topological polar surface area (TPSA) is 54.5 Å². The van der Waals surface area contributed by atoms with E-state index in [1.165, 1.54) is 0 Å². The van der Waals surface area contributed by atoms with Crippen molar-refractivity contribution in [2.75, 3.05) is 31.6 Å². The van der Waals surface area contributed by atoms with Gasteiger partial charge in [-0.25, -0.2) is 9.78 Å². The van der Waals surface area contributed by atoms with Gasteiger partial charge in [0.05, 0.1) is 13.2 Å². The molecule has 0 radical (unpaired) electrons. The fourth-order valence-electron chi connectivity index (χ4n) is 2.28. The number of amides is 2. The first kappa shape index (κ1) is 16.3. The molecule has 1 N–H and O–H groups in total. The number of aryl methyl sites for hydroxylation is 2. The third kappa shape index (κ3) is 4.25. The minimum absolute atomic E-state index is 0.0626. The summed E-state index contributed by atoms with van der Waals surface area (Å²) in [7, 11) is 0. The molecule has 5 nitrogen and oxygen atoms in total. The summed E-state index contributed by atoms with van der Waals surface area (Å²) in [5.41, 5.74) is 2.94. The van der Waals surface area contributed by atoms with Crippen molar-refractivity contribution in [3.8, 4) is 0 Å². The predicted octanol–water partition coefficient (Wildman–Crippen LogP) is 3.78. The Balaban J connectivity index is 1.65. The minimum atomic E-state index is -0.0626. The number of hydrogen-bond donors (Lipinski definition) is 1. The molecule has 0 unspecified atom stereocenters. The highest BCUT2D eigenvalue weighted by Crippen LogP contribution is 2.32. The lowest BCUT2D eigenvalue weighted by Crippen LogP contribution is -2.43. The van der Waals surface area contributed by atoms with Gasteiger partial charge in [-0.15, -0.1) is 11.3 Å². The molecule has 0 aliphatic carbocycles. The predicted molar refractivity (Wildman–Crippen MR) is 93.6 cm³/mol. The van der Waals surface area contributed by atoms with Crippen LogP contribution in [0, 0.1) is 13.8 Å². The Kier molecular flexibility index (Phi) is 5.20. The molecule has 0 atom stereocenters. The SMILES string of the molecule is Cc1csc(Sc2ccc(NC(=O)N3CCOCC3)c(C)c2)n1. The number of ether oxygens (including phenoxy) is 1. The van der Waals surface area contributed by atoms with Crippen LogP contribution in [0.1, 0.15) is 11.3 Å². The van der Waals surface area contributed by atoms with Crippen LogP contribution in [0.2, 0.25) is 0 Å². The first-order valence-corrected chi connectivity index (χ1v) is 9.16. The van der Waals surface area contributed by atoms with Gasteiger partial charge in [0.1, 0.15) is 0 Å². The van der Waals surface area contributed by atoms with Gasteiger partial charge in [0.25, 0.3) is 0 Å². The monoisotopic (exact) mass is 349 g/mol. The molecule has 7 heteroatoms. The highest BCUT2D eigenvalue weighted by Gasteiger charge is 2.17. The van der Waals surface area contributed by atoms with Crippen molar-refractivity contribution in [2.24, 2.45) is 0 Å². The van der Waals surface area contributed by atoms with Crippen LogP contribution >= 0.6 is 23.1 Å². The van der Waals surface area contributed by atoms with Crippen LogP contribution in [0.5, 0.6) is 0 Å². The van der Waals surface area contributed by atoms with Gasteiger partial charge >= 0.3 is 6.03 Å². The summed E-state index contributed by atoms with van der Waals surface area (Å²) < 4.78 is 6.30. The lowest BCUT2D eigenvalue weighted by atomic mass is 10.2. The van der Waals surface area contributed by atoms with Crippen molar-refractivity contribution >= 4 is 34.8 Å². The highest BCUT2D eigenvalue weighted by molar-refractivity contribution is 8.01. The number of aromatic nitrogens is 1. The normalized spacial score (nSPS) is 14.8. The number of nitrogens with zero attached hydrogens (tertiary/aromatic N) is 2. The van der Waals surface area contributed by atoms with E-state index in [4.69, 9.17) is 4.74 Å². The zero-order valence-corrected chi connectivity index (χ0v) is 14.8. The van der Waals surface area contributed by atoms with Gasteiger partial charge in [0, 0.05) is 34.7 Å². The average Bonchev–Trinajstić information content (AvgIpc) is 2.96. The van der Waals surface area contributed by atoms with E-state index in [9.17, 15) is 4.79 Å². The van der Waals surface area contributed by atoms with Crippen LogP contribution in [-0.4, -0.2) is 42.2 Å². The van der Waals surface area contributed by atoms with Crippen LogP contribution in [0.4, 0.5) is 10.5 Å². The van der Waals surface area contributed by atoms with Gasteiger partial charge in [0.15, 0.2) is 4.34 Å². The second-order valence-corrected chi connectivity index (χ2v) is 7.54. The van der Waals surface area contributed by atoms with E-state index in [0.29, 0.717) is 26.3 Å². The fraction of sp³-hybridized carbons (Fsp3) is 0.375. The average molecular weight is 349 g/mol. The van der Waals surface area contributed by atoms with Crippen molar-refractivity contribution in [1.29, 1.82) is 0 Å². The molecule has 23 heavy (non-hydrogen) atoms. The molecule has 122 valence electrons. The van der Waals surface area contributed by atoms with E-state index in [0.717, 1.165) is 26.2 Å². The number of benzene rings is 1. The van der Waals surface area contributed by atoms with E-state index in [1.54, 1.807) is 28.0 Å². The Hall–Kier alpha value is -1.57. The number of carbonyl (C=O) groups excluding carboxylic acids is 1. The van der Waals surface area contributed by atoms with Crippen LogP contribution in [0.25, 0.3) is 0 Å². The first-order valence-electron chi connectivity index (χ1n) is 7.46. The number of nitrogens with one attached hydrogen (secondary N) is 1. The lowest BCUT2D eigenvalue weighted by molar-refractivity contribution is 0.0564. The molecule has 3 rings (SSSR count). The second kappa shape index (κ2) is 7.33. The molecule has 1 aliphatic rings. The van der Waals surface area contributed by atoms with Gasteiger partial charge in [0.2, 0.25) is 0 Å². The Labute approximate surface area is 144 Å². The number of carbonyl (C=O) groups is 1. The Bertz CT molecular complexity index is 696. The summed E-state index contributed by atoms with van der Waals surface area (Å²) in [5, 5.41) is 5.03. The number of hydrogen-bond acceptors (Lipinski definition) is 5. The van der Waals surface area contributed by atoms with E-state index < -0.39 is 0 Å². The molecule has 1 aliphatic heterocycles. The third-order valence-corrected chi connectivity index (χ3v) is 5.59. The molecule has 0 saturated carbocycles. The number of morpholine rings is 1. The highest BCUT2D eigenvalue weighted by atomic mass is 32.2. The van der Waals surface area contributed by atoms with Gasteiger partial charge in [-0.05, 0) is 37.6 Å². The van der Waals surface area contributed by atoms with Gasteiger partial charge in [-0.3, -0.25) is 0 Å². The van der Waals surface area contributed by atoms with Gasteiger partial charge in [-0.2, -0.15) is 0 Å². The summed E-state index contributed by atoms with van der Waals surface area (Å²) in [5.74, 6) is 0. The Morgan fingerprint density at radius 3 is 2.78 bits per heavy atom. The summed E-state index contributed by atoms with van der Waals surface area (Å²) >= 11 is 3.29. The zero-order valence-electron chi connectivity index (χ0n) is 13.2. The van der Waals surface area contributed by atoms with E-state index in [-0.39, 0.29) is 6.03 Å². The fourth-order valence-corrected chi connectivity index (χ4v) is 4.19. The van der Waals surface area contributed by atoms with Gasteiger partial charge in [-0.1, -0.05) is 11.8 Å². The van der Waals surface area contributed by atoms with Crippen LogP contribution < -0.4 is 5.32 Å². The second-order valence-electron chi connectivity index (χ2n) is 5.36. The maximum atomic E-state index is 12.2. The van der Waals surface area contributed by atoms with Crippen molar-refractivity contribution in [3.63, 3.8) is 0 Å². The van der Waals surface area contributed by atoms with E-state index >= 15 is 0 Å². The maximum absolute atomic E-state index is 12.2. The van der Waals surface area contributed by atoms with Crippen LogP contribution in [-0.2, 0) is 4.74 Å². The van der Waals surface area contributed by atoms with Crippen molar-refractivity contribution in [3.05, 3.63) is 34.8 Å². The number of rotatable bonds is 3. The molecule has 0 bridgehead atoms. The van der Waals surface area contributed by atoms with Crippen LogP contribution in [0.3, 0.4) is 0 Å². The molecule has 2 amide bonds. The number of anilines is 1. The van der Waals surface area contributed by atoms with Crippen molar-refractivity contribution < 1.29 is 9.53 Å². The molecule has 1 fully saturated rings. The minimum Gasteiger partial charge on any atom is -0.378 e. The number of urea groups is 1. The van der Waals surface area contributed by atoms with E-state index in [1.807, 2.05) is 31.4 Å². The summed E-state index contributed by atoms with van der Waals surface area (Å²) in [6, 6.07) is 5.99. The van der Waals surface area contributed by atoms with Gasteiger partial charge < -0.3 is 15.0 Å². The number of thiazole rings is 1. The summed E-state index contributed by atoms with van der Waals surface area (Å²) in [4.78, 5) is 19.6. The van der Waals surface area contributed by atoms with E-state index in [2.05, 4.69) is 16.4 Å². The molecule has 2 aromatic rings. The quantitative estimate of drug-likeness (QED) is 0.916. The smallest absolute Gasteiger partial charge is 0.322 e. The molecule has 1 aromatic heterocycles. The Morgan fingerprint density at radius 1 is 1.35 bits per heavy atom. The summed E-state index contributed by atoms with van der Waals surface area (Å²) in [6.45, 7) is 6.50. The molecular formula is C16H19N3O2S2. The molecule has 1 saturated heterocycles. The zero-order chi connectivity index (χ0) is 16.2. The largest absolute Gasteiger partial charge is 0.378 e. The van der Waals surface area contributed by atoms with Crippen molar-refractivity contribution in [2.45, 2.75) is 23.1 Å². The standard InChI is InChI=1S/C16H19N3O2S2/c1-11-9-13(23-16-17-12(2)10-22-16)3-4-14(11)18-15(20)19-5-7-21-8-6-19/h3-4,9-10H,5-8H2,1-2H3,(H,18,20). The molecule has 1 aromatic carbocycles. The molecule has 2 heterocycles.